The zero-order chi connectivity index (χ0) is 14.3. The normalized spacial score (nSPS) is 21.4. The van der Waals surface area contributed by atoms with E-state index in [4.69, 9.17) is 0 Å². The van der Waals surface area contributed by atoms with Gasteiger partial charge in [-0.25, -0.2) is 0 Å². The number of nitrogens with zero attached hydrogens (tertiary/aromatic N) is 1. The molecule has 2 aromatic heterocycles. The molecule has 4 rings (SSSR count). The molecule has 0 radical (unpaired) electrons. The predicted molar refractivity (Wildman–Crippen MR) is 88.1 cm³/mol. The average Bonchev–Trinajstić information content (AvgIpc) is 2.99. The molecule has 0 aromatic carbocycles. The lowest BCUT2D eigenvalue weighted by Crippen LogP contribution is -2.43. The largest absolute Gasteiger partial charge is 0.342 e. The van der Waals surface area contributed by atoms with Crippen LogP contribution in [0.5, 0.6) is 0 Å². The van der Waals surface area contributed by atoms with Gasteiger partial charge in [-0.1, -0.05) is 6.07 Å². The highest BCUT2D eigenvalue weighted by molar-refractivity contribution is 7.10. The van der Waals surface area contributed by atoms with Crippen molar-refractivity contribution in [3.63, 3.8) is 0 Å². The van der Waals surface area contributed by atoms with E-state index in [9.17, 15) is 4.79 Å². The van der Waals surface area contributed by atoms with E-state index in [1.165, 1.54) is 10.4 Å². The van der Waals surface area contributed by atoms with Gasteiger partial charge >= 0.3 is 0 Å². The molecule has 2 aliphatic rings. The van der Waals surface area contributed by atoms with Crippen molar-refractivity contribution in [2.24, 2.45) is 0 Å². The van der Waals surface area contributed by atoms with Gasteiger partial charge in [0.1, 0.15) is 0 Å². The summed E-state index contributed by atoms with van der Waals surface area (Å²) < 4.78 is 0. The van der Waals surface area contributed by atoms with Crippen LogP contribution in [-0.2, 0) is 10.2 Å². The Morgan fingerprint density at radius 2 is 2.00 bits per heavy atom. The van der Waals surface area contributed by atoms with Gasteiger partial charge in [-0.15, -0.1) is 11.3 Å². The van der Waals surface area contributed by atoms with E-state index >= 15 is 0 Å². The third-order valence-corrected chi connectivity index (χ3v) is 6.72. The van der Waals surface area contributed by atoms with E-state index in [-0.39, 0.29) is 5.41 Å². The summed E-state index contributed by atoms with van der Waals surface area (Å²) in [4.78, 5) is 16.3. The fraction of sp³-hybridized carbons (Fsp3) is 0.471. The molecular formula is C17H19NOS2. The quantitative estimate of drug-likeness (QED) is 0.829. The Balaban J connectivity index is 1.44. The lowest BCUT2D eigenvalue weighted by molar-refractivity contribution is -0.135. The van der Waals surface area contributed by atoms with Crippen molar-refractivity contribution in [1.29, 1.82) is 0 Å². The summed E-state index contributed by atoms with van der Waals surface area (Å²) in [5.41, 5.74) is 1.31. The third kappa shape index (κ3) is 2.34. The van der Waals surface area contributed by atoms with E-state index < -0.39 is 0 Å². The minimum atomic E-state index is -0.149. The summed E-state index contributed by atoms with van der Waals surface area (Å²) in [6.07, 6.45) is 4.31. The second-order valence-corrected chi connectivity index (χ2v) is 7.91. The number of carbonyl (C=O) groups is 1. The topological polar surface area (TPSA) is 20.3 Å². The van der Waals surface area contributed by atoms with Crippen LogP contribution in [0.2, 0.25) is 0 Å². The van der Waals surface area contributed by atoms with Crippen molar-refractivity contribution in [1.82, 2.24) is 4.90 Å². The van der Waals surface area contributed by atoms with E-state index in [1.54, 1.807) is 22.7 Å². The second-order valence-electron chi connectivity index (χ2n) is 6.18. The molecule has 1 amide bonds. The van der Waals surface area contributed by atoms with Crippen LogP contribution in [0.25, 0.3) is 0 Å². The monoisotopic (exact) mass is 317 g/mol. The standard InChI is InChI=1S/C17H19NOS2/c19-16(17(6-7-17)15-2-1-10-21-15)18-8-3-13(4-9-18)14-5-11-20-12-14/h1-2,5,10-13H,3-4,6-9H2. The first-order chi connectivity index (χ1) is 10.3. The zero-order valence-electron chi connectivity index (χ0n) is 12.0. The Kier molecular flexibility index (Phi) is 3.38. The molecule has 21 heavy (non-hydrogen) atoms. The van der Waals surface area contributed by atoms with Crippen molar-refractivity contribution >= 4 is 28.6 Å². The van der Waals surface area contributed by atoms with Crippen molar-refractivity contribution in [2.75, 3.05) is 13.1 Å². The van der Waals surface area contributed by atoms with Gasteiger partial charge in [-0.05, 0) is 65.4 Å². The summed E-state index contributed by atoms with van der Waals surface area (Å²) in [7, 11) is 0. The van der Waals surface area contributed by atoms with Crippen LogP contribution in [0.1, 0.15) is 42.0 Å². The Morgan fingerprint density at radius 3 is 2.57 bits per heavy atom. The second kappa shape index (κ2) is 5.25. The molecule has 0 N–H and O–H groups in total. The van der Waals surface area contributed by atoms with Crippen LogP contribution in [0.15, 0.2) is 34.3 Å². The highest BCUT2D eigenvalue weighted by atomic mass is 32.1. The van der Waals surface area contributed by atoms with Gasteiger partial charge in [-0.3, -0.25) is 4.79 Å². The Labute approximate surface area is 133 Å². The fourth-order valence-corrected chi connectivity index (χ4v) is 5.19. The smallest absolute Gasteiger partial charge is 0.234 e. The highest BCUT2D eigenvalue weighted by Gasteiger charge is 2.54. The van der Waals surface area contributed by atoms with E-state index in [2.05, 4.69) is 39.2 Å². The van der Waals surface area contributed by atoms with E-state index in [0.717, 1.165) is 38.8 Å². The number of hydrogen-bond acceptors (Lipinski definition) is 3. The fourth-order valence-electron chi connectivity index (χ4n) is 3.47. The number of hydrogen-bond donors (Lipinski definition) is 0. The van der Waals surface area contributed by atoms with Gasteiger partial charge in [0.2, 0.25) is 5.91 Å². The minimum Gasteiger partial charge on any atom is -0.342 e. The van der Waals surface area contributed by atoms with Crippen LogP contribution < -0.4 is 0 Å². The predicted octanol–water partition coefficient (Wildman–Crippen LogP) is 4.25. The van der Waals surface area contributed by atoms with Crippen LogP contribution in [0.4, 0.5) is 0 Å². The number of carbonyl (C=O) groups excluding carboxylic acids is 1. The van der Waals surface area contributed by atoms with Crippen molar-refractivity contribution in [2.45, 2.75) is 37.0 Å². The first-order valence-corrected chi connectivity index (χ1v) is 9.47. The van der Waals surface area contributed by atoms with Gasteiger partial charge in [0.15, 0.2) is 0 Å². The summed E-state index contributed by atoms with van der Waals surface area (Å²) >= 11 is 3.51. The lowest BCUT2D eigenvalue weighted by atomic mass is 9.90. The highest BCUT2D eigenvalue weighted by Crippen LogP contribution is 2.51. The average molecular weight is 317 g/mol. The Hall–Kier alpha value is -1.13. The van der Waals surface area contributed by atoms with Crippen molar-refractivity contribution < 1.29 is 4.79 Å². The molecule has 0 spiro atoms. The molecule has 4 heteroatoms. The third-order valence-electron chi connectivity index (χ3n) is 4.95. The first kappa shape index (κ1) is 13.5. The van der Waals surface area contributed by atoms with E-state index in [1.807, 2.05) is 0 Å². The Bertz CT molecular complexity index is 605. The molecule has 1 saturated carbocycles. The number of thiophene rings is 2. The molecule has 3 heterocycles. The summed E-state index contributed by atoms with van der Waals surface area (Å²) in [6.45, 7) is 1.85. The summed E-state index contributed by atoms with van der Waals surface area (Å²) in [6, 6.07) is 6.44. The molecule has 110 valence electrons. The van der Waals surface area contributed by atoms with Crippen LogP contribution in [0, 0.1) is 0 Å². The molecule has 2 nitrogen and oxygen atoms in total. The number of piperidine rings is 1. The molecule has 1 aliphatic carbocycles. The van der Waals surface area contributed by atoms with Gasteiger partial charge < -0.3 is 4.90 Å². The molecule has 0 atom stereocenters. The molecule has 0 unspecified atom stereocenters. The zero-order valence-corrected chi connectivity index (χ0v) is 13.6. The van der Waals surface area contributed by atoms with Crippen LogP contribution >= 0.6 is 22.7 Å². The molecule has 2 aromatic rings. The number of likely N-dealkylation sites (tertiary alicyclic amines) is 1. The van der Waals surface area contributed by atoms with Crippen molar-refractivity contribution in [3.05, 3.63) is 44.8 Å². The maximum Gasteiger partial charge on any atom is 0.234 e. The summed E-state index contributed by atoms with van der Waals surface area (Å²) in [5.74, 6) is 1.03. The lowest BCUT2D eigenvalue weighted by Gasteiger charge is -2.34. The Morgan fingerprint density at radius 1 is 1.19 bits per heavy atom. The molecular weight excluding hydrogens is 298 g/mol. The van der Waals surface area contributed by atoms with Crippen molar-refractivity contribution in [3.8, 4) is 0 Å². The van der Waals surface area contributed by atoms with Gasteiger partial charge in [0.25, 0.3) is 0 Å². The SMILES string of the molecule is O=C(N1CCC(c2ccsc2)CC1)C1(c2cccs2)CC1. The van der Waals surface area contributed by atoms with Crippen LogP contribution in [0.3, 0.4) is 0 Å². The molecule has 1 saturated heterocycles. The summed E-state index contributed by atoms with van der Waals surface area (Å²) in [5, 5.41) is 6.50. The maximum absolute atomic E-state index is 12.9. The van der Waals surface area contributed by atoms with Gasteiger partial charge in [0, 0.05) is 18.0 Å². The molecule has 2 fully saturated rings. The van der Waals surface area contributed by atoms with Gasteiger partial charge in [-0.2, -0.15) is 11.3 Å². The van der Waals surface area contributed by atoms with Gasteiger partial charge in [0.05, 0.1) is 5.41 Å². The maximum atomic E-state index is 12.9. The first-order valence-electron chi connectivity index (χ1n) is 7.65. The molecule has 0 bridgehead atoms. The van der Waals surface area contributed by atoms with E-state index in [0.29, 0.717) is 11.8 Å². The molecule has 1 aliphatic heterocycles. The minimum absolute atomic E-state index is 0.149. The van der Waals surface area contributed by atoms with Crippen LogP contribution in [-0.4, -0.2) is 23.9 Å². The number of amides is 1. The number of rotatable bonds is 3.